The number of thiazole rings is 1. The fraction of sp³-hybridized carbons (Fsp3) is 0.259. The molecule has 12 heteroatoms. The lowest BCUT2D eigenvalue weighted by Gasteiger charge is -2.34. The van der Waals surface area contributed by atoms with Crippen LogP contribution in [-0.2, 0) is 19.9 Å². The Morgan fingerprint density at radius 3 is 2.15 bits per heavy atom. The molecule has 5 rings (SSSR count). The number of aromatic nitrogens is 1. The Kier molecular flexibility index (Phi) is 7.36. The van der Waals surface area contributed by atoms with Crippen molar-refractivity contribution in [2.24, 2.45) is 0 Å². The molecule has 0 bridgehead atoms. The smallest absolute Gasteiger partial charge is 0.264 e. The van der Waals surface area contributed by atoms with Crippen molar-refractivity contribution in [1.82, 2.24) is 9.88 Å². The van der Waals surface area contributed by atoms with Crippen molar-refractivity contribution in [2.45, 2.75) is 16.7 Å². The van der Waals surface area contributed by atoms with Crippen LogP contribution in [0.25, 0.3) is 10.2 Å². The van der Waals surface area contributed by atoms with E-state index in [1.165, 1.54) is 34.0 Å². The summed E-state index contributed by atoms with van der Waals surface area (Å²) >= 11 is 1.43. The van der Waals surface area contributed by atoms with Crippen LogP contribution >= 0.6 is 11.3 Å². The number of rotatable bonds is 7. The molecule has 0 spiro atoms. The fourth-order valence-corrected chi connectivity index (χ4v) is 7.78. The summed E-state index contributed by atoms with van der Waals surface area (Å²) in [6, 6.07) is 19.9. The van der Waals surface area contributed by atoms with Crippen LogP contribution in [-0.4, -0.2) is 71.6 Å². The molecule has 0 unspecified atom stereocenters. The number of carbonyl (C=O) groups is 1. The van der Waals surface area contributed by atoms with Crippen molar-refractivity contribution in [1.29, 1.82) is 0 Å². The first-order valence-electron chi connectivity index (χ1n) is 12.4. The number of fused-ring (bicyclic) bond motifs is 1. The first-order chi connectivity index (χ1) is 18.6. The zero-order chi connectivity index (χ0) is 27.8. The van der Waals surface area contributed by atoms with E-state index in [9.17, 15) is 21.6 Å². The normalized spacial score (nSPS) is 14.5. The number of amides is 1. The van der Waals surface area contributed by atoms with Crippen LogP contribution in [0.1, 0.15) is 17.3 Å². The Balaban J connectivity index is 1.25. The molecule has 1 aliphatic heterocycles. The van der Waals surface area contributed by atoms with E-state index in [0.717, 1.165) is 15.3 Å². The predicted octanol–water partition coefficient (Wildman–Crippen LogP) is 3.88. The molecule has 0 aliphatic carbocycles. The van der Waals surface area contributed by atoms with Gasteiger partial charge in [0.2, 0.25) is 0 Å². The summed E-state index contributed by atoms with van der Waals surface area (Å²) in [5, 5.41) is 0.788. The number of piperazine rings is 1. The fourth-order valence-electron chi connectivity index (χ4n) is 4.52. The molecule has 1 aromatic heterocycles. The average Bonchev–Trinajstić information content (AvgIpc) is 3.37. The van der Waals surface area contributed by atoms with Crippen LogP contribution in [0.2, 0.25) is 0 Å². The third-order valence-corrected chi connectivity index (χ3v) is 10.7. The van der Waals surface area contributed by atoms with Crippen molar-refractivity contribution in [2.75, 3.05) is 48.2 Å². The van der Waals surface area contributed by atoms with Gasteiger partial charge in [-0.15, -0.1) is 0 Å². The second-order valence-corrected chi connectivity index (χ2v) is 14.1. The summed E-state index contributed by atoms with van der Waals surface area (Å²) in [6.45, 7) is 4.20. The Labute approximate surface area is 232 Å². The molecule has 1 saturated heterocycles. The molecule has 1 fully saturated rings. The maximum atomic E-state index is 13.2. The van der Waals surface area contributed by atoms with Gasteiger partial charge in [0.25, 0.3) is 15.9 Å². The second-order valence-electron chi connectivity index (χ2n) is 9.21. The maximum Gasteiger partial charge on any atom is 0.264 e. The van der Waals surface area contributed by atoms with Crippen LogP contribution in [0.15, 0.2) is 82.6 Å². The van der Waals surface area contributed by atoms with Gasteiger partial charge in [0.1, 0.15) is 0 Å². The minimum Gasteiger partial charge on any atom is -0.345 e. The van der Waals surface area contributed by atoms with Crippen LogP contribution in [0, 0.1) is 0 Å². The number of carbonyl (C=O) groups excluding carboxylic acids is 1. The van der Waals surface area contributed by atoms with Gasteiger partial charge in [-0.2, -0.15) is 0 Å². The van der Waals surface area contributed by atoms with Crippen molar-refractivity contribution < 1.29 is 21.6 Å². The Bertz CT molecular complexity index is 1710. The van der Waals surface area contributed by atoms with Gasteiger partial charge in [-0.3, -0.25) is 9.10 Å². The van der Waals surface area contributed by atoms with E-state index >= 15 is 0 Å². The van der Waals surface area contributed by atoms with Crippen LogP contribution in [0.3, 0.4) is 0 Å². The quantitative estimate of drug-likeness (QED) is 0.324. The molecule has 0 saturated carbocycles. The Hall–Kier alpha value is -3.48. The van der Waals surface area contributed by atoms with Crippen LogP contribution < -0.4 is 9.21 Å². The molecule has 2 heterocycles. The van der Waals surface area contributed by atoms with E-state index in [0.29, 0.717) is 37.4 Å². The highest BCUT2D eigenvalue weighted by molar-refractivity contribution is 7.92. The van der Waals surface area contributed by atoms with E-state index in [-0.39, 0.29) is 22.2 Å². The maximum absolute atomic E-state index is 13.2. The molecule has 0 N–H and O–H groups in total. The third-order valence-electron chi connectivity index (χ3n) is 6.63. The first kappa shape index (κ1) is 27.1. The zero-order valence-corrected chi connectivity index (χ0v) is 24.0. The summed E-state index contributed by atoms with van der Waals surface area (Å²) in [4.78, 5) is 22.0. The van der Waals surface area contributed by atoms with Crippen molar-refractivity contribution in [3.8, 4) is 0 Å². The number of hydrogen-bond acceptors (Lipinski definition) is 8. The zero-order valence-electron chi connectivity index (χ0n) is 21.5. The van der Waals surface area contributed by atoms with Gasteiger partial charge in [-0.1, -0.05) is 29.5 Å². The van der Waals surface area contributed by atoms with Gasteiger partial charge in [0.15, 0.2) is 15.0 Å². The number of sulfone groups is 1. The topological polar surface area (TPSA) is 108 Å². The lowest BCUT2D eigenvalue weighted by Crippen LogP contribution is -2.48. The minimum absolute atomic E-state index is 0.129. The molecule has 3 aromatic carbocycles. The monoisotopic (exact) mass is 584 g/mol. The highest BCUT2D eigenvalue weighted by Crippen LogP contribution is 2.31. The van der Waals surface area contributed by atoms with E-state index in [4.69, 9.17) is 0 Å². The summed E-state index contributed by atoms with van der Waals surface area (Å²) in [7, 11) is -7.07. The van der Waals surface area contributed by atoms with E-state index in [1.54, 1.807) is 66.4 Å². The Morgan fingerprint density at radius 1 is 0.897 bits per heavy atom. The summed E-state index contributed by atoms with van der Waals surface area (Å²) in [5.74, 6) is -0.156. The molecule has 39 heavy (non-hydrogen) atoms. The highest BCUT2D eigenvalue weighted by Gasteiger charge is 2.26. The lowest BCUT2D eigenvalue weighted by molar-refractivity contribution is 0.0746. The first-order valence-corrected chi connectivity index (χ1v) is 16.6. The summed E-state index contributed by atoms with van der Waals surface area (Å²) in [6.07, 6.45) is 1.18. The van der Waals surface area contributed by atoms with Gasteiger partial charge in [0, 0.05) is 44.5 Å². The number of anilines is 2. The SMILES string of the molecule is CCN(c1ccccc1)S(=O)(=O)c1ccc(C(=O)N2CCN(c3nc4ccc(S(C)(=O)=O)cc4s3)CC2)cc1. The summed E-state index contributed by atoms with van der Waals surface area (Å²) < 4.78 is 52.4. The van der Waals surface area contributed by atoms with Gasteiger partial charge >= 0.3 is 0 Å². The van der Waals surface area contributed by atoms with Crippen LogP contribution in [0.5, 0.6) is 0 Å². The minimum atomic E-state index is -3.77. The molecular formula is C27H28N4O5S3. The van der Waals surface area contributed by atoms with Gasteiger partial charge < -0.3 is 9.80 Å². The molecule has 0 radical (unpaired) electrons. The van der Waals surface area contributed by atoms with Crippen molar-refractivity contribution >= 4 is 58.1 Å². The molecule has 1 aliphatic rings. The number of benzene rings is 3. The number of sulfonamides is 1. The van der Waals surface area contributed by atoms with Gasteiger partial charge in [-0.25, -0.2) is 21.8 Å². The predicted molar refractivity (Wildman–Crippen MR) is 154 cm³/mol. The lowest BCUT2D eigenvalue weighted by atomic mass is 10.2. The number of nitrogens with zero attached hydrogens (tertiary/aromatic N) is 4. The third kappa shape index (κ3) is 5.49. The van der Waals surface area contributed by atoms with Gasteiger partial charge in [0.05, 0.1) is 25.7 Å². The highest BCUT2D eigenvalue weighted by atomic mass is 32.2. The van der Waals surface area contributed by atoms with E-state index in [1.807, 2.05) is 6.07 Å². The van der Waals surface area contributed by atoms with E-state index < -0.39 is 19.9 Å². The van der Waals surface area contributed by atoms with E-state index in [2.05, 4.69) is 9.88 Å². The standard InChI is InChI=1S/C27H28N4O5S3/c1-3-31(21-7-5-4-6-8-21)39(35,36)22-11-9-20(10-12-22)26(32)29-15-17-30(18-16-29)27-28-24-14-13-23(38(2,33)34)19-25(24)37-27/h4-14,19H,3,15-18H2,1-2H3. The molecular weight excluding hydrogens is 557 g/mol. The number of hydrogen-bond donors (Lipinski definition) is 0. The summed E-state index contributed by atoms with van der Waals surface area (Å²) in [5.41, 5.74) is 1.75. The average molecular weight is 585 g/mol. The van der Waals surface area contributed by atoms with Crippen LogP contribution in [0.4, 0.5) is 10.8 Å². The molecule has 1 amide bonds. The largest absolute Gasteiger partial charge is 0.345 e. The Morgan fingerprint density at radius 2 is 1.54 bits per heavy atom. The molecule has 204 valence electrons. The van der Waals surface area contributed by atoms with Crippen molar-refractivity contribution in [3.63, 3.8) is 0 Å². The van der Waals surface area contributed by atoms with Crippen molar-refractivity contribution in [3.05, 3.63) is 78.4 Å². The molecule has 0 atom stereocenters. The molecule has 9 nitrogen and oxygen atoms in total. The number of para-hydroxylation sites is 1. The van der Waals surface area contributed by atoms with Gasteiger partial charge in [-0.05, 0) is 61.5 Å². The molecule has 4 aromatic rings. The second kappa shape index (κ2) is 10.6.